The molecule has 2 fully saturated rings. The number of benzene rings is 3. The first-order chi connectivity index (χ1) is 18.5. The predicted octanol–water partition coefficient (Wildman–Crippen LogP) is 7.60. The highest BCUT2D eigenvalue weighted by atomic mass is 35.5. The van der Waals surface area contributed by atoms with Gasteiger partial charge in [-0.1, -0.05) is 41.9 Å². The van der Waals surface area contributed by atoms with Crippen LogP contribution in [0, 0.1) is 12.7 Å². The van der Waals surface area contributed by atoms with Crippen LogP contribution in [0.1, 0.15) is 47.7 Å². The van der Waals surface area contributed by atoms with Gasteiger partial charge in [0.15, 0.2) is 0 Å². The Morgan fingerprint density at radius 2 is 1.87 bits per heavy atom. The van der Waals surface area contributed by atoms with Crippen molar-refractivity contribution in [2.24, 2.45) is 0 Å². The number of thioether (sulfide) groups is 1. The lowest BCUT2D eigenvalue weighted by molar-refractivity contribution is -0.0592. The van der Waals surface area contributed by atoms with Crippen LogP contribution >= 0.6 is 23.4 Å². The molecule has 7 heteroatoms. The lowest BCUT2D eigenvalue weighted by Crippen LogP contribution is -2.35. The largest absolute Gasteiger partial charge is 0.376 e. The molecule has 0 saturated carbocycles. The molecule has 0 spiro atoms. The van der Waals surface area contributed by atoms with Gasteiger partial charge in [-0.2, -0.15) is 0 Å². The molecule has 1 atom stereocenters. The average molecular weight is 550 g/mol. The average Bonchev–Trinajstić information content (AvgIpc) is 3.22. The number of likely N-dealkylation sites (tertiary alicyclic amines) is 1. The van der Waals surface area contributed by atoms with E-state index in [0.717, 1.165) is 63.4 Å². The number of hydrogen-bond donors (Lipinski definition) is 0. The fraction of sp³-hybridized carbons (Fsp3) is 0.387. The molecular formula is C31H33ClFN3OS. The van der Waals surface area contributed by atoms with Gasteiger partial charge in [-0.3, -0.25) is 4.90 Å². The van der Waals surface area contributed by atoms with Crippen molar-refractivity contribution in [3.05, 3.63) is 94.0 Å². The van der Waals surface area contributed by atoms with Gasteiger partial charge >= 0.3 is 0 Å². The molecule has 0 aliphatic carbocycles. The third-order valence-corrected chi connectivity index (χ3v) is 9.25. The van der Waals surface area contributed by atoms with Crippen LogP contribution in [0.5, 0.6) is 0 Å². The summed E-state index contributed by atoms with van der Waals surface area (Å²) in [6.07, 6.45) is 3.64. The van der Waals surface area contributed by atoms with Gasteiger partial charge in [0, 0.05) is 22.3 Å². The molecule has 0 amide bonds. The van der Waals surface area contributed by atoms with E-state index in [9.17, 15) is 4.39 Å². The summed E-state index contributed by atoms with van der Waals surface area (Å²) >= 11 is 7.64. The molecule has 198 valence electrons. The SMILES string of the molecule is Cc1ccc2nc(CN3CCC(c4ccccc4SCc4ccc(Cl)cc4F)CC3)n(C[C@@H]3CCO3)c2c1. The molecular weight excluding hydrogens is 517 g/mol. The minimum atomic E-state index is -0.235. The number of piperidine rings is 1. The van der Waals surface area contributed by atoms with Crippen LogP contribution in [0.4, 0.5) is 4.39 Å². The van der Waals surface area contributed by atoms with Gasteiger partial charge in [0.2, 0.25) is 0 Å². The zero-order valence-electron chi connectivity index (χ0n) is 21.7. The van der Waals surface area contributed by atoms with Gasteiger partial charge in [0.1, 0.15) is 11.6 Å². The van der Waals surface area contributed by atoms with Crippen molar-refractivity contribution >= 4 is 34.4 Å². The van der Waals surface area contributed by atoms with Crippen molar-refractivity contribution in [3.8, 4) is 0 Å². The summed E-state index contributed by atoms with van der Waals surface area (Å²) in [6.45, 7) is 6.83. The molecule has 1 aromatic heterocycles. The Kier molecular flexibility index (Phi) is 7.75. The van der Waals surface area contributed by atoms with E-state index in [0.29, 0.717) is 28.4 Å². The molecule has 38 heavy (non-hydrogen) atoms. The number of rotatable bonds is 8. The molecule has 3 heterocycles. The zero-order chi connectivity index (χ0) is 26.1. The van der Waals surface area contributed by atoms with E-state index in [1.54, 1.807) is 23.9 Å². The monoisotopic (exact) mass is 549 g/mol. The third kappa shape index (κ3) is 5.64. The number of halogens is 2. The van der Waals surface area contributed by atoms with Gasteiger partial charge in [-0.05, 0) is 92.2 Å². The van der Waals surface area contributed by atoms with E-state index in [-0.39, 0.29) is 5.82 Å². The van der Waals surface area contributed by atoms with Gasteiger partial charge in [0.05, 0.1) is 30.2 Å². The highest BCUT2D eigenvalue weighted by Gasteiger charge is 2.26. The summed E-state index contributed by atoms with van der Waals surface area (Å²) < 4.78 is 22.5. The van der Waals surface area contributed by atoms with Crippen LogP contribution in [0.25, 0.3) is 11.0 Å². The topological polar surface area (TPSA) is 30.3 Å². The second-order valence-corrected chi connectivity index (χ2v) is 12.0. The third-order valence-electron chi connectivity index (χ3n) is 7.87. The van der Waals surface area contributed by atoms with Crippen molar-refractivity contribution in [3.63, 3.8) is 0 Å². The number of nitrogens with zero attached hydrogens (tertiary/aromatic N) is 3. The molecule has 3 aromatic carbocycles. The molecule has 0 radical (unpaired) electrons. The van der Waals surface area contributed by atoms with E-state index < -0.39 is 0 Å². The second-order valence-electron chi connectivity index (χ2n) is 10.5. The molecule has 0 N–H and O–H groups in total. The number of hydrogen-bond acceptors (Lipinski definition) is 4. The summed E-state index contributed by atoms with van der Waals surface area (Å²) in [5, 5.41) is 0.436. The van der Waals surface area contributed by atoms with E-state index in [4.69, 9.17) is 21.3 Å². The first kappa shape index (κ1) is 25.9. The van der Waals surface area contributed by atoms with Crippen molar-refractivity contribution in [2.75, 3.05) is 19.7 Å². The molecule has 4 aromatic rings. The first-order valence-electron chi connectivity index (χ1n) is 13.5. The molecule has 2 aliphatic heterocycles. The van der Waals surface area contributed by atoms with Crippen molar-refractivity contribution < 1.29 is 9.13 Å². The Morgan fingerprint density at radius 1 is 1.05 bits per heavy atom. The Balaban J connectivity index is 1.12. The maximum absolute atomic E-state index is 14.3. The second kappa shape index (κ2) is 11.4. The lowest BCUT2D eigenvalue weighted by atomic mass is 9.89. The molecule has 6 rings (SSSR count). The molecule has 4 nitrogen and oxygen atoms in total. The maximum atomic E-state index is 14.3. The number of aromatic nitrogens is 2. The molecule has 0 bridgehead atoms. The normalized spacial score (nSPS) is 18.7. The summed E-state index contributed by atoms with van der Waals surface area (Å²) in [4.78, 5) is 8.83. The first-order valence-corrected chi connectivity index (χ1v) is 14.9. The highest BCUT2D eigenvalue weighted by Crippen LogP contribution is 2.37. The smallest absolute Gasteiger partial charge is 0.128 e. The fourth-order valence-electron chi connectivity index (χ4n) is 5.58. The minimum Gasteiger partial charge on any atom is -0.376 e. The standard InChI is InChI=1S/C31H33ClFN3OS/c1-21-6-9-28-29(16-21)36(18-25-12-15-37-25)31(34-28)19-35-13-10-22(11-14-35)26-4-2-3-5-30(26)38-20-23-7-8-24(32)17-27(23)33/h2-9,16-17,22,25H,10-15,18-20H2,1H3/t25-/m0/s1. The van der Waals surface area contributed by atoms with Crippen LogP contribution in [0.2, 0.25) is 5.02 Å². The minimum absolute atomic E-state index is 0.235. The van der Waals surface area contributed by atoms with E-state index in [2.05, 4.69) is 58.9 Å². The number of aryl methyl sites for hydroxylation is 1. The van der Waals surface area contributed by atoms with Crippen LogP contribution in [-0.4, -0.2) is 40.3 Å². The van der Waals surface area contributed by atoms with Crippen LogP contribution in [0.3, 0.4) is 0 Å². The molecule has 2 aliphatic rings. The number of ether oxygens (including phenoxy) is 1. The summed E-state index contributed by atoms with van der Waals surface area (Å²) in [6, 6.07) is 20.1. The summed E-state index contributed by atoms with van der Waals surface area (Å²) in [5.74, 6) is 2.01. The Morgan fingerprint density at radius 3 is 2.63 bits per heavy atom. The number of imidazole rings is 1. The Labute approximate surface area is 233 Å². The fourth-order valence-corrected chi connectivity index (χ4v) is 6.86. The van der Waals surface area contributed by atoms with Crippen LogP contribution in [-0.2, 0) is 23.6 Å². The Bertz CT molecular complexity index is 1430. The number of fused-ring (bicyclic) bond motifs is 1. The lowest BCUT2D eigenvalue weighted by Gasteiger charge is -2.33. The van der Waals surface area contributed by atoms with Crippen molar-refractivity contribution in [1.82, 2.24) is 14.5 Å². The highest BCUT2D eigenvalue weighted by molar-refractivity contribution is 7.98. The quantitative estimate of drug-likeness (QED) is 0.212. The Hall–Kier alpha value is -2.38. The molecule has 0 unspecified atom stereocenters. The van der Waals surface area contributed by atoms with E-state index in [1.807, 2.05) is 0 Å². The van der Waals surface area contributed by atoms with Crippen LogP contribution in [0.15, 0.2) is 65.6 Å². The van der Waals surface area contributed by atoms with Crippen molar-refractivity contribution in [1.29, 1.82) is 0 Å². The van der Waals surface area contributed by atoms with Crippen molar-refractivity contribution in [2.45, 2.75) is 61.9 Å². The van der Waals surface area contributed by atoms with Gasteiger partial charge in [-0.25, -0.2) is 9.37 Å². The van der Waals surface area contributed by atoms with E-state index >= 15 is 0 Å². The van der Waals surface area contributed by atoms with Gasteiger partial charge < -0.3 is 9.30 Å². The van der Waals surface area contributed by atoms with Gasteiger partial charge in [-0.15, -0.1) is 11.8 Å². The zero-order valence-corrected chi connectivity index (χ0v) is 23.3. The summed E-state index contributed by atoms with van der Waals surface area (Å²) in [5.41, 5.74) is 5.62. The summed E-state index contributed by atoms with van der Waals surface area (Å²) in [7, 11) is 0. The van der Waals surface area contributed by atoms with E-state index in [1.165, 1.54) is 27.6 Å². The predicted molar refractivity (Wildman–Crippen MR) is 153 cm³/mol. The van der Waals surface area contributed by atoms with Crippen LogP contribution < -0.4 is 0 Å². The maximum Gasteiger partial charge on any atom is 0.128 e. The van der Waals surface area contributed by atoms with Gasteiger partial charge in [0.25, 0.3) is 0 Å². The molecule has 2 saturated heterocycles.